The summed E-state index contributed by atoms with van der Waals surface area (Å²) < 4.78 is 30.5. The van der Waals surface area contributed by atoms with Crippen molar-refractivity contribution in [1.82, 2.24) is 0 Å². The molecule has 0 bridgehead atoms. The van der Waals surface area contributed by atoms with Crippen LogP contribution in [0, 0.1) is 0 Å². The Morgan fingerprint density at radius 2 is 1.66 bits per heavy atom. The fourth-order valence-electron chi connectivity index (χ4n) is 4.54. The first-order valence-corrected chi connectivity index (χ1v) is 10.1. The summed E-state index contributed by atoms with van der Waals surface area (Å²) in [6.45, 7) is 7.48. The maximum Gasteiger partial charge on any atom is 0.190 e. The molecule has 29 heavy (non-hydrogen) atoms. The van der Waals surface area contributed by atoms with Crippen LogP contribution in [0.15, 0.2) is 29.4 Å². The van der Waals surface area contributed by atoms with E-state index in [1.165, 1.54) is 0 Å². The van der Waals surface area contributed by atoms with Crippen molar-refractivity contribution >= 4 is 5.71 Å². The molecule has 1 aromatic rings. The summed E-state index contributed by atoms with van der Waals surface area (Å²) in [7, 11) is 0. The zero-order chi connectivity index (χ0) is 20.4. The lowest BCUT2D eigenvalue weighted by Crippen LogP contribution is -2.57. The maximum atomic E-state index is 10.0. The summed E-state index contributed by atoms with van der Waals surface area (Å²) in [5.41, 5.74) is 1.58. The van der Waals surface area contributed by atoms with Gasteiger partial charge in [0, 0.05) is 12.8 Å². The first kappa shape index (κ1) is 19.3. The second-order valence-electron chi connectivity index (χ2n) is 8.94. The summed E-state index contributed by atoms with van der Waals surface area (Å²) in [5.74, 6) is -1.25. The second kappa shape index (κ2) is 6.65. The van der Waals surface area contributed by atoms with Crippen molar-refractivity contribution in [1.29, 1.82) is 0 Å². The minimum Gasteiger partial charge on any atom is -0.508 e. The van der Waals surface area contributed by atoms with Gasteiger partial charge in [-0.15, -0.1) is 0 Å². The van der Waals surface area contributed by atoms with E-state index in [2.05, 4.69) is 5.16 Å². The number of phenols is 1. The lowest BCUT2D eigenvalue weighted by molar-refractivity contribution is -0.218. The number of nitrogens with zero attached hydrogens (tertiary/aromatic N) is 1. The predicted molar refractivity (Wildman–Crippen MR) is 101 cm³/mol. The Morgan fingerprint density at radius 3 is 2.45 bits per heavy atom. The standard InChI is InChI=1S/C21H27NO7/c1-20(2)25-16-15(24-19-18(17(16)26-20)27-21(3,4)28-19)13-10-12(29-22-13)9-11-7-5-6-8-14(11)23/h5-8,12,15-19,23H,9-10H2,1-4H3/t12?,15-,16+,17+,18-,19-/m1/s1. The maximum absolute atomic E-state index is 10.0. The number of hydrogen-bond donors (Lipinski definition) is 1. The van der Waals surface area contributed by atoms with Gasteiger partial charge in [-0.1, -0.05) is 23.4 Å². The van der Waals surface area contributed by atoms with Crippen LogP contribution in [0.1, 0.15) is 39.7 Å². The van der Waals surface area contributed by atoms with Crippen molar-refractivity contribution < 1.29 is 33.6 Å². The minimum absolute atomic E-state index is 0.175. The van der Waals surface area contributed by atoms with E-state index in [1.807, 2.05) is 39.8 Å². The van der Waals surface area contributed by atoms with Crippen LogP contribution in [0.25, 0.3) is 0 Å². The average molecular weight is 405 g/mol. The Bertz CT molecular complexity index is 823. The van der Waals surface area contributed by atoms with E-state index in [0.717, 1.165) is 11.3 Å². The Balaban J connectivity index is 1.33. The topological polar surface area (TPSA) is 88.0 Å². The number of fused-ring (bicyclic) bond motifs is 3. The number of hydrogen-bond acceptors (Lipinski definition) is 8. The number of oxime groups is 1. The quantitative estimate of drug-likeness (QED) is 0.826. The molecule has 4 heterocycles. The third-order valence-electron chi connectivity index (χ3n) is 5.68. The molecule has 4 aliphatic heterocycles. The second-order valence-corrected chi connectivity index (χ2v) is 8.94. The van der Waals surface area contributed by atoms with Crippen molar-refractivity contribution in [3.8, 4) is 5.75 Å². The molecular formula is C21H27NO7. The molecule has 0 aromatic heterocycles. The van der Waals surface area contributed by atoms with Crippen LogP contribution >= 0.6 is 0 Å². The Hall–Kier alpha value is -1.71. The molecule has 3 fully saturated rings. The van der Waals surface area contributed by atoms with Gasteiger partial charge in [0.1, 0.15) is 36.3 Å². The zero-order valence-corrected chi connectivity index (χ0v) is 17.0. The highest BCUT2D eigenvalue weighted by molar-refractivity contribution is 5.90. The van der Waals surface area contributed by atoms with Crippen molar-refractivity contribution in [2.75, 3.05) is 0 Å². The molecule has 5 rings (SSSR count). The van der Waals surface area contributed by atoms with Crippen LogP contribution < -0.4 is 0 Å². The van der Waals surface area contributed by atoms with Crippen LogP contribution in [0.3, 0.4) is 0 Å². The van der Waals surface area contributed by atoms with E-state index >= 15 is 0 Å². The summed E-state index contributed by atoms with van der Waals surface area (Å²) in [4.78, 5) is 5.66. The van der Waals surface area contributed by atoms with Crippen molar-refractivity contribution in [3.05, 3.63) is 29.8 Å². The lowest BCUT2D eigenvalue weighted by atomic mass is 9.93. The number of aromatic hydroxyl groups is 1. The van der Waals surface area contributed by atoms with Gasteiger partial charge in [0.05, 0.1) is 5.71 Å². The van der Waals surface area contributed by atoms with E-state index < -0.39 is 24.0 Å². The molecule has 8 heteroatoms. The molecule has 0 amide bonds. The van der Waals surface area contributed by atoms with E-state index in [1.54, 1.807) is 12.1 Å². The predicted octanol–water partition coefficient (Wildman–Crippen LogP) is 2.48. The normalized spacial score (nSPS) is 39.5. The van der Waals surface area contributed by atoms with E-state index in [4.69, 9.17) is 28.5 Å². The average Bonchev–Trinajstić information content (AvgIpc) is 3.30. The van der Waals surface area contributed by atoms with Gasteiger partial charge in [-0.05, 0) is 39.3 Å². The van der Waals surface area contributed by atoms with E-state index in [0.29, 0.717) is 12.8 Å². The molecule has 0 spiro atoms. The van der Waals surface area contributed by atoms with Gasteiger partial charge in [0.2, 0.25) is 0 Å². The molecule has 0 aliphatic carbocycles. The molecule has 0 saturated carbocycles. The van der Waals surface area contributed by atoms with Gasteiger partial charge in [-0.25, -0.2) is 0 Å². The molecule has 4 aliphatic rings. The number of para-hydroxylation sites is 1. The summed E-state index contributed by atoms with van der Waals surface area (Å²) in [6, 6.07) is 7.25. The van der Waals surface area contributed by atoms with E-state index in [9.17, 15) is 5.11 Å². The molecule has 1 aromatic carbocycles. The smallest absolute Gasteiger partial charge is 0.190 e. The van der Waals surface area contributed by atoms with E-state index in [-0.39, 0.29) is 30.2 Å². The van der Waals surface area contributed by atoms with Crippen LogP contribution in [0.4, 0.5) is 0 Å². The van der Waals surface area contributed by atoms with Crippen LogP contribution in [0.2, 0.25) is 0 Å². The molecule has 1 unspecified atom stereocenters. The molecule has 3 saturated heterocycles. The molecule has 6 atom stereocenters. The summed E-state index contributed by atoms with van der Waals surface area (Å²) in [6.07, 6.45) is -1.11. The Labute approximate surface area is 169 Å². The lowest BCUT2D eigenvalue weighted by Gasteiger charge is -2.37. The summed E-state index contributed by atoms with van der Waals surface area (Å²) >= 11 is 0. The van der Waals surface area contributed by atoms with Crippen molar-refractivity contribution in [3.63, 3.8) is 0 Å². The van der Waals surface area contributed by atoms with Gasteiger partial charge in [-0.2, -0.15) is 0 Å². The first-order chi connectivity index (χ1) is 13.7. The Morgan fingerprint density at radius 1 is 0.966 bits per heavy atom. The zero-order valence-electron chi connectivity index (χ0n) is 17.0. The molecule has 8 nitrogen and oxygen atoms in total. The van der Waals surface area contributed by atoms with Crippen molar-refractivity contribution in [2.24, 2.45) is 5.16 Å². The van der Waals surface area contributed by atoms with Gasteiger partial charge >= 0.3 is 0 Å². The van der Waals surface area contributed by atoms with Crippen LogP contribution in [-0.2, 0) is 34.9 Å². The number of rotatable bonds is 3. The highest BCUT2D eigenvalue weighted by atomic mass is 16.9. The highest BCUT2D eigenvalue weighted by Crippen LogP contribution is 2.45. The highest BCUT2D eigenvalue weighted by Gasteiger charge is 2.62. The minimum atomic E-state index is -0.758. The molecule has 1 N–H and O–H groups in total. The van der Waals surface area contributed by atoms with Crippen molar-refractivity contribution in [2.45, 2.75) is 88.9 Å². The molecular weight excluding hydrogens is 378 g/mol. The number of ether oxygens (including phenoxy) is 5. The monoisotopic (exact) mass is 405 g/mol. The number of benzene rings is 1. The largest absolute Gasteiger partial charge is 0.508 e. The SMILES string of the molecule is CC1(C)O[C@H]2[C@@H](O1)[C@@H](C1=NOC(Cc3ccccc3O)C1)O[C@@H]1OC(C)(C)O[C@@H]12. The van der Waals surface area contributed by atoms with Gasteiger partial charge < -0.3 is 33.6 Å². The molecule has 158 valence electrons. The third-order valence-corrected chi connectivity index (χ3v) is 5.68. The first-order valence-electron chi connectivity index (χ1n) is 10.1. The van der Waals surface area contributed by atoms with Gasteiger partial charge in [0.25, 0.3) is 0 Å². The van der Waals surface area contributed by atoms with Gasteiger partial charge in [-0.3, -0.25) is 0 Å². The molecule has 0 radical (unpaired) electrons. The van der Waals surface area contributed by atoms with Crippen LogP contribution in [-0.4, -0.2) is 59.2 Å². The number of phenolic OH excluding ortho intramolecular Hbond substituents is 1. The van der Waals surface area contributed by atoms with Gasteiger partial charge in [0.15, 0.2) is 17.9 Å². The van der Waals surface area contributed by atoms with Crippen LogP contribution in [0.5, 0.6) is 5.75 Å². The Kier molecular flexibility index (Phi) is 4.42. The summed E-state index contributed by atoms with van der Waals surface area (Å²) in [5, 5.41) is 14.3. The third kappa shape index (κ3) is 3.53. The fourth-order valence-corrected chi connectivity index (χ4v) is 4.54. The fraction of sp³-hybridized carbons (Fsp3) is 0.667.